The van der Waals surface area contributed by atoms with Crippen molar-refractivity contribution < 1.29 is 51.8 Å². The number of aliphatic hydroxyl groups excluding tert-OH is 4. The number of amides is 1. The minimum atomic E-state index is -5.08. The molecule has 0 aromatic carbocycles. The van der Waals surface area contributed by atoms with Crippen molar-refractivity contribution in [3.63, 3.8) is 0 Å². The first kappa shape index (κ1) is 78.1. The van der Waals surface area contributed by atoms with Crippen LogP contribution in [0.15, 0.2) is 0 Å². The number of nitrogens with one attached hydrogen (secondary N) is 1. The maximum atomic E-state index is 13.2. The van der Waals surface area contributed by atoms with E-state index in [9.17, 15) is 38.2 Å². The molecule has 0 spiro atoms. The summed E-state index contributed by atoms with van der Waals surface area (Å²) in [6.45, 7) is 3.51. The van der Waals surface area contributed by atoms with Gasteiger partial charge < -0.3 is 35.2 Å². The predicted molar refractivity (Wildman–Crippen MR) is 338 cm³/mol. The summed E-state index contributed by atoms with van der Waals surface area (Å²) >= 11 is 0. The quantitative estimate of drug-likeness (QED) is 0.0251. The number of ether oxygens (including phenoxy) is 2. The molecule has 1 fully saturated rings. The number of hydrogen-bond donors (Lipinski definition) is 6. The maximum absolute atomic E-state index is 13.2. The Bertz CT molecular complexity index is 1430. The van der Waals surface area contributed by atoms with E-state index in [0.717, 1.165) is 51.4 Å². The first-order valence-electron chi connectivity index (χ1n) is 35.4. The largest absolute Gasteiger partial charge is 0.397 e. The molecule has 6 N–H and O–H groups in total. The van der Waals surface area contributed by atoms with Crippen molar-refractivity contribution in [2.45, 2.75) is 416 Å². The van der Waals surface area contributed by atoms with E-state index in [0.29, 0.717) is 12.8 Å². The highest BCUT2D eigenvalue weighted by molar-refractivity contribution is 7.80. The molecule has 13 heteroatoms. The Morgan fingerprint density at radius 3 is 0.988 bits per heavy atom. The fourth-order valence-corrected chi connectivity index (χ4v) is 12.5. The number of carbonyl (C=O) groups is 1. The van der Waals surface area contributed by atoms with Crippen LogP contribution in [-0.4, -0.2) is 95.4 Å². The van der Waals surface area contributed by atoms with Gasteiger partial charge in [0.05, 0.1) is 25.4 Å². The molecule has 0 aromatic rings. The van der Waals surface area contributed by atoms with Gasteiger partial charge >= 0.3 is 10.4 Å². The smallest absolute Gasteiger partial charge is 0.394 e. The summed E-state index contributed by atoms with van der Waals surface area (Å²) in [5, 5.41) is 45.2. The van der Waals surface area contributed by atoms with E-state index in [4.69, 9.17) is 9.47 Å². The molecule has 1 heterocycles. The third-order valence-corrected chi connectivity index (χ3v) is 17.9. The first-order chi connectivity index (χ1) is 39.5. The van der Waals surface area contributed by atoms with Gasteiger partial charge in [-0.15, -0.1) is 0 Å². The molecule has 7 atom stereocenters. The zero-order valence-corrected chi connectivity index (χ0v) is 54.0. The molecule has 484 valence electrons. The molecule has 12 nitrogen and oxygen atoms in total. The topological polar surface area (TPSA) is 192 Å². The van der Waals surface area contributed by atoms with Crippen LogP contribution in [-0.2, 0) is 28.9 Å². The summed E-state index contributed by atoms with van der Waals surface area (Å²) in [7, 11) is -5.08. The Balaban J connectivity index is 2.10. The molecule has 81 heavy (non-hydrogen) atoms. The molecule has 1 aliphatic rings. The monoisotopic (exact) mass is 1170 g/mol. The van der Waals surface area contributed by atoms with Crippen LogP contribution in [0.5, 0.6) is 0 Å². The minimum absolute atomic E-state index is 0.220. The van der Waals surface area contributed by atoms with E-state index in [1.807, 2.05) is 0 Å². The number of unbranched alkanes of at least 4 members (excludes halogenated alkanes) is 52. The Hall–Kier alpha value is -0.900. The molecular weight excluding hydrogens is 1040 g/mol. The highest BCUT2D eigenvalue weighted by atomic mass is 32.3. The van der Waals surface area contributed by atoms with E-state index in [-0.39, 0.29) is 12.5 Å². The molecule has 1 aliphatic heterocycles. The van der Waals surface area contributed by atoms with Crippen LogP contribution in [0.2, 0.25) is 0 Å². The van der Waals surface area contributed by atoms with Crippen molar-refractivity contribution in [3.05, 3.63) is 0 Å². The van der Waals surface area contributed by atoms with Crippen molar-refractivity contribution in [1.29, 1.82) is 0 Å². The fraction of sp³-hybridized carbons (Fsp3) is 0.985. The summed E-state index contributed by atoms with van der Waals surface area (Å²) in [6, 6.07) is -0.854. The summed E-state index contributed by atoms with van der Waals surface area (Å²) in [5.74, 6) is -0.220. The molecule has 7 unspecified atom stereocenters. The van der Waals surface area contributed by atoms with E-state index in [1.54, 1.807) is 0 Å². The maximum Gasteiger partial charge on any atom is 0.397 e. The third kappa shape index (κ3) is 49.9. The van der Waals surface area contributed by atoms with Gasteiger partial charge in [-0.3, -0.25) is 9.35 Å². The second-order valence-electron chi connectivity index (χ2n) is 25.2. The number of hydrogen-bond acceptors (Lipinski definition) is 10. The Labute approximate surface area is 500 Å². The van der Waals surface area contributed by atoms with Crippen molar-refractivity contribution in [3.8, 4) is 0 Å². The summed E-state index contributed by atoms with van der Waals surface area (Å²) < 4.78 is 48.0. The van der Waals surface area contributed by atoms with Crippen molar-refractivity contribution in [2.24, 2.45) is 0 Å². The normalized spacial score (nSPS) is 18.4. The average molecular weight is 1170 g/mol. The summed E-state index contributed by atoms with van der Waals surface area (Å²) in [6.07, 6.45) is 63.2. The highest BCUT2D eigenvalue weighted by Crippen LogP contribution is 2.27. The molecule has 0 aromatic heterocycles. The fourth-order valence-electron chi connectivity index (χ4n) is 12.0. The van der Waals surface area contributed by atoms with Gasteiger partial charge in [0.15, 0.2) is 6.29 Å². The standard InChI is InChI=1S/C68H135NO11S/c1-3-5-7-9-11-13-15-17-19-20-21-22-23-24-25-26-27-28-29-30-31-32-33-34-35-36-37-38-39-40-41-42-44-46-48-50-52-54-56-58-64(72)69-61(60-78-68-66(74)67(80-81(75,76)77)65(73)63(59-70)79-68)62(71)57-55-53-51-49-47-45-43-18-16-14-12-10-8-6-4-2/h61-63,65-68,70-71,73-74H,3-60H2,1-2H3,(H,69,72)(H,75,76,77). The molecule has 0 aliphatic carbocycles. The van der Waals surface area contributed by atoms with Crippen molar-refractivity contribution in [1.82, 2.24) is 5.32 Å². The van der Waals surface area contributed by atoms with Gasteiger partial charge in [-0.25, -0.2) is 4.18 Å². The highest BCUT2D eigenvalue weighted by Gasteiger charge is 2.48. The van der Waals surface area contributed by atoms with Gasteiger partial charge in [-0.1, -0.05) is 354 Å². The Morgan fingerprint density at radius 1 is 0.444 bits per heavy atom. The zero-order valence-electron chi connectivity index (χ0n) is 53.1. The lowest BCUT2D eigenvalue weighted by Gasteiger charge is -2.41. The van der Waals surface area contributed by atoms with E-state index in [2.05, 4.69) is 23.3 Å². The van der Waals surface area contributed by atoms with Crippen LogP contribution in [0.25, 0.3) is 0 Å². The van der Waals surface area contributed by atoms with Crippen molar-refractivity contribution in [2.75, 3.05) is 13.2 Å². The Kier molecular flexibility index (Phi) is 56.1. The SMILES string of the molecule is CCCCCCCCCCCCCCCCCCCCCCCCCCCCCCCCCCCCCCCCCC(=O)NC(COC1OC(CO)C(O)C(OS(=O)(=O)O)C1O)C(O)CCCCCCCCCCCCCCCCC. The van der Waals surface area contributed by atoms with E-state index in [1.165, 1.54) is 295 Å². The van der Waals surface area contributed by atoms with Gasteiger partial charge in [-0.05, 0) is 12.8 Å². The van der Waals surface area contributed by atoms with Crippen LogP contribution in [0.4, 0.5) is 0 Å². The molecule has 0 radical (unpaired) electrons. The lowest BCUT2D eigenvalue weighted by atomic mass is 9.99. The van der Waals surface area contributed by atoms with Crippen LogP contribution in [0.3, 0.4) is 0 Å². The lowest BCUT2D eigenvalue weighted by Crippen LogP contribution is -2.61. The zero-order chi connectivity index (χ0) is 59.0. The molecule has 0 bridgehead atoms. The van der Waals surface area contributed by atoms with Gasteiger partial charge in [0, 0.05) is 6.42 Å². The van der Waals surface area contributed by atoms with Gasteiger partial charge in [0.2, 0.25) is 5.91 Å². The third-order valence-electron chi connectivity index (χ3n) is 17.4. The molecule has 1 rings (SSSR count). The first-order valence-corrected chi connectivity index (χ1v) is 36.8. The lowest BCUT2D eigenvalue weighted by molar-refractivity contribution is -0.298. The predicted octanol–water partition coefficient (Wildman–Crippen LogP) is 18.4. The second kappa shape index (κ2) is 58.1. The summed E-state index contributed by atoms with van der Waals surface area (Å²) in [5.41, 5.74) is 0. The average Bonchev–Trinajstić information content (AvgIpc) is 3.51. The molecule has 1 saturated heterocycles. The van der Waals surface area contributed by atoms with Gasteiger partial charge in [0.25, 0.3) is 0 Å². The molecule has 0 saturated carbocycles. The van der Waals surface area contributed by atoms with E-state index >= 15 is 0 Å². The van der Waals surface area contributed by atoms with Crippen LogP contribution in [0, 0.1) is 0 Å². The van der Waals surface area contributed by atoms with Gasteiger partial charge in [0.1, 0.15) is 24.4 Å². The number of rotatable bonds is 64. The van der Waals surface area contributed by atoms with Crippen LogP contribution >= 0.6 is 0 Å². The van der Waals surface area contributed by atoms with Crippen LogP contribution in [0.1, 0.15) is 373 Å². The number of carbonyl (C=O) groups excluding carboxylic acids is 1. The molecule has 1 amide bonds. The van der Waals surface area contributed by atoms with E-state index < -0.39 is 59.9 Å². The van der Waals surface area contributed by atoms with Gasteiger partial charge in [-0.2, -0.15) is 8.42 Å². The van der Waals surface area contributed by atoms with Crippen molar-refractivity contribution >= 4 is 16.3 Å². The molecular formula is C68H135NO11S. The summed E-state index contributed by atoms with van der Waals surface area (Å²) in [4.78, 5) is 13.2. The second-order valence-corrected chi connectivity index (χ2v) is 26.2. The van der Waals surface area contributed by atoms with Crippen LogP contribution < -0.4 is 5.32 Å². The Morgan fingerprint density at radius 2 is 0.716 bits per heavy atom. The number of aliphatic hydroxyl groups is 4. The minimum Gasteiger partial charge on any atom is -0.394 e.